The molecule has 8 nitrogen and oxygen atoms in total. The summed E-state index contributed by atoms with van der Waals surface area (Å²) in [5.41, 5.74) is 7.74. The number of hydrogen-bond donors (Lipinski definition) is 2. The summed E-state index contributed by atoms with van der Waals surface area (Å²) in [6.07, 6.45) is 0.140. The van der Waals surface area contributed by atoms with Gasteiger partial charge in [0, 0.05) is 30.8 Å². The fourth-order valence-corrected chi connectivity index (χ4v) is 5.42. The van der Waals surface area contributed by atoms with E-state index in [0.717, 1.165) is 24.3 Å². The molecule has 1 heterocycles. The van der Waals surface area contributed by atoms with Gasteiger partial charge in [-0.15, -0.1) is 0 Å². The Bertz CT molecular complexity index is 1010. The molecule has 1 atom stereocenters. The molecule has 3 N–H and O–H groups in total. The number of morpholine rings is 1. The lowest BCUT2D eigenvalue weighted by Crippen LogP contribution is -2.49. The normalized spacial score (nSPS) is 14.5. The molecular formula is C22H22I2N4O4. The molecule has 1 aliphatic heterocycles. The first-order chi connectivity index (χ1) is 15.3. The van der Waals surface area contributed by atoms with Crippen molar-refractivity contribution in [2.45, 2.75) is 12.5 Å². The van der Waals surface area contributed by atoms with Crippen molar-refractivity contribution in [1.82, 2.24) is 4.90 Å². The Hall–Kier alpha value is -2.11. The van der Waals surface area contributed by atoms with E-state index in [1.54, 1.807) is 24.3 Å². The maximum atomic E-state index is 13.2. The zero-order chi connectivity index (χ0) is 23.3. The average molecular weight is 660 g/mol. The smallest absolute Gasteiger partial charge is 0.255 e. The number of amides is 2. The molecule has 0 unspecified atom stereocenters. The van der Waals surface area contributed by atoms with Crippen LogP contribution in [0, 0.1) is 18.5 Å². The van der Waals surface area contributed by atoms with Crippen LogP contribution in [0.4, 0.5) is 5.69 Å². The molecule has 0 radical (unpaired) electrons. The number of rotatable bonds is 7. The molecular weight excluding hydrogens is 638 g/mol. The molecule has 2 aromatic rings. The third-order valence-corrected chi connectivity index (χ3v) is 6.85. The van der Waals surface area contributed by atoms with Crippen LogP contribution in [0.3, 0.4) is 0 Å². The number of phenolic OH excluding ortho intramolecular Hbond substituents is 1. The highest BCUT2D eigenvalue weighted by molar-refractivity contribution is 14.1. The summed E-state index contributed by atoms with van der Waals surface area (Å²) in [4.78, 5) is 28.9. The lowest BCUT2D eigenvalue weighted by molar-refractivity contribution is -0.122. The highest BCUT2D eigenvalue weighted by atomic mass is 127. The molecule has 2 aromatic carbocycles. The Morgan fingerprint density at radius 1 is 1.19 bits per heavy atom. The molecule has 168 valence electrons. The van der Waals surface area contributed by atoms with Crippen LogP contribution in [-0.2, 0) is 16.0 Å². The predicted molar refractivity (Wildman–Crippen MR) is 136 cm³/mol. The highest BCUT2D eigenvalue weighted by Crippen LogP contribution is 2.28. The van der Waals surface area contributed by atoms with Crippen LogP contribution in [0.25, 0.3) is 0 Å². The number of hydrogen-bond acceptors (Lipinski definition) is 6. The van der Waals surface area contributed by atoms with Gasteiger partial charge in [-0.3, -0.25) is 9.59 Å². The maximum absolute atomic E-state index is 13.2. The number of nitrogens with two attached hydrogens (primary N) is 1. The number of carbonyl (C=O) groups is 2. The first-order valence-electron chi connectivity index (χ1n) is 9.88. The molecule has 0 saturated carbocycles. The molecule has 0 aliphatic carbocycles. The van der Waals surface area contributed by atoms with E-state index in [2.05, 4.69) is 4.90 Å². The summed E-state index contributed by atoms with van der Waals surface area (Å²) in [5, 5.41) is 19.3. The highest BCUT2D eigenvalue weighted by Gasteiger charge is 2.29. The second kappa shape index (κ2) is 11.2. The van der Waals surface area contributed by atoms with Gasteiger partial charge >= 0.3 is 0 Å². The van der Waals surface area contributed by atoms with Crippen molar-refractivity contribution >= 4 is 62.7 Å². The van der Waals surface area contributed by atoms with E-state index in [9.17, 15) is 20.0 Å². The van der Waals surface area contributed by atoms with Crippen LogP contribution in [-0.4, -0.2) is 60.7 Å². The molecule has 0 bridgehead atoms. The Morgan fingerprint density at radius 2 is 1.78 bits per heavy atom. The molecule has 0 aromatic heterocycles. The first kappa shape index (κ1) is 24.5. The van der Waals surface area contributed by atoms with E-state index in [-0.39, 0.29) is 18.7 Å². The SMILES string of the molecule is N#CCN(C(=O)c1ccc(N2CCOCC2)cc1)[C@@H](Cc1cc(I)c(O)c(I)c1)C(N)=O. The number of phenols is 1. The van der Waals surface area contributed by atoms with E-state index in [1.807, 2.05) is 63.4 Å². The number of nitriles is 1. The van der Waals surface area contributed by atoms with Crippen molar-refractivity contribution in [3.8, 4) is 11.8 Å². The van der Waals surface area contributed by atoms with Crippen LogP contribution in [0.15, 0.2) is 36.4 Å². The largest absolute Gasteiger partial charge is 0.506 e. The lowest BCUT2D eigenvalue weighted by Gasteiger charge is -2.30. The monoisotopic (exact) mass is 660 g/mol. The number of benzene rings is 2. The number of carbonyl (C=O) groups excluding carboxylic acids is 2. The lowest BCUT2D eigenvalue weighted by atomic mass is 10.0. The van der Waals surface area contributed by atoms with Crippen molar-refractivity contribution in [3.05, 3.63) is 54.7 Å². The molecule has 2 amide bonds. The van der Waals surface area contributed by atoms with Crippen molar-refractivity contribution < 1.29 is 19.4 Å². The second-order valence-electron chi connectivity index (χ2n) is 7.27. The van der Waals surface area contributed by atoms with Crippen LogP contribution < -0.4 is 10.6 Å². The molecule has 10 heteroatoms. The van der Waals surface area contributed by atoms with Crippen LogP contribution in [0.1, 0.15) is 15.9 Å². The van der Waals surface area contributed by atoms with Crippen molar-refractivity contribution in [1.29, 1.82) is 5.26 Å². The third kappa shape index (κ3) is 5.81. The van der Waals surface area contributed by atoms with Gasteiger partial charge in [-0.2, -0.15) is 5.26 Å². The van der Waals surface area contributed by atoms with E-state index in [0.29, 0.717) is 25.9 Å². The van der Waals surface area contributed by atoms with Crippen molar-refractivity contribution in [2.24, 2.45) is 5.73 Å². The average Bonchev–Trinajstić information content (AvgIpc) is 2.79. The van der Waals surface area contributed by atoms with Crippen LogP contribution in [0.2, 0.25) is 0 Å². The Morgan fingerprint density at radius 3 is 2.31 bits per heavy atom. The van der Waals surface area contributed by atoms with Gasteiger partial charge in [-0.05, 0) is 87.1 Å². The number of halogens is 2. The van der Waals surface area contributed by atoms with Gasteiger partial charge in [0.15, 0.2) is 0 Å². The van der Waals surface area contributed by atoms with Crippen molar-refractivity contribution in [2.75, 3.05) is 37.7 Å². The first-order valence-corrected chi connectivity index (χ1v) is 12.0. The quantitative estimate of drug-likeness (QED) is 0.348. The summed E-state index contributed by atoms with van der Waals surface area (Å²) in [5.74, 6) is -0.973. The minimum absolute atomic E-state index is 0.140. The summed E-state index contributed by atoms with van der Waals surface area (Å²) in [6.45, 7) is 2.60. The Balaban J connectivity index is 1.84. The fourth-order valence-electron chi connectivity index (χ4n) is 3.53. The Kier molecular flexibility index (Phi) is 8.55. The van der Waals surface area contributed by atoms with Gasteiger partial charge in [0.05, 0.1) is 26.4 Å². The minimum atomic E-state index is -1.00. The fraction of sp³-hybridized carbons (Fsp3) is 0.318. The van der Waals surface area contributed by atoms with E-state index < -0.39 is 17.9 Å². The Labute approximate surface area is 213 Å². The van der Waals surface area contributed by atoms with E-state index in [4.69, 9.17) is 10.5 Å². The maximum Gasteiger partial charge on any atom is 0.255 e. The molecule has 32 heavy (non-hydrogen) atoms. The number of anilines is 1. The summed E-state index contributed by atoms with van der Waals surface area (Å²) < 4.78 is 6.63. The topological polar surface area (TPSA) is 120 Å². The van der Waals surface area contributed by atoms with E-state index in [1.165, 1.54) is 4.90 Å². The number of aromatic hydroxyl groups is 1. The molecule has 1 aliphatic rings. The van der Waals surface area contributed by atoms with Gasteiger partial charge in [0.1, 0.15) is 18.3 Å². The minimum Gasteiger partial charge on any atom is -0.506 e. The molecule has 0 spiro atoms. The van der Waals surface area contributed by atoms with Gasteiger partial charge in [0.2, 0.25) is 5.91 Å². The zero-order valence-corrected chi connectivity index (χ0v) is 21.4. The van der Waals surface area contributed by atoms with Crippen LogP contribution >= 0.6 is 45.2 Å². The summed E-state index contributed by atoms with van der Waals surface area (Å²) >= 11 is 4.00. The van der Waals surface area contributed by atoms with Gasteiger partial charge < -0.3 is 25.4 Å². The van der Waals surface area contributed by atoms with Gasteiger partial charge in [-0.25, -0.2) is 0 Å². The van der Waals surface area contributed by atoms with E-state index >= 15 is 0 Å². The summed E-state index contributed by atoms with van der Waals surface area (Å²) in [6, 6.07) is 11.5. The number of ether oxygens (including phenoxy) is 1. The predicted octanol–water partition coefficient (Wildman–Crippen LogP) is 2.50. The van der Waals surface area contributed by atoms with Crippen molar-refractivity contribution in [3.63, 3.8) is 0 Å². The number of nitrogens with zero attached hydrogens (tertiary/aromatic N) is 3. The molecule has 1 saturated heterocycles. The third-order valence-electron chi connectivity index (χ3n) is 5.20. The second-order valence-corrected chi connectivity index (χ2v) is 9.59. The summed E-state index contributed by atoms with van der Waals surface area (Å²) in [7, 11) is 0. The standard InChI is InChI=1S/C22H22I2N4O4/c23-17-11-14(12-18(24)20(17)29)13-19(21(26)30)28(6-5-25)22(31)15-1-3-16(4-2-15)27-7-9-32-10-8-27/h1-4,11-12,19,29H,6-10,13H2,(H2,26,30)/t19-/m0/s1. The molecule has 1 fully saturated rings. The van der Waals surface area contributed by atoms with Crippen LogP contribution in [0.5, 0.6) is 5.75 Å². The van der Waals surface area contributed by atoms with Gasteiger partial charge in [0.25, 0.3) is 5.91 Å². The zero-order valence-electron chi connectivity index (χ0n) is 17.1. The number of primary amides is 1. The van der Waals surface area contributed by atoms with Gasteiger partial charge in [-0.1, -0.05) is 0 Å². The molecule has 3 rings (SSSR count).